The van der Waals surface area contributed by atoms with Gasteiger partial charge in [0.05, 0.1) is 29.4 Å². The fourth-order valence-electron chi connectivity index (χ4n) is 1.69. The molecular formula is C12H20O3Si. The monoisotopic (exact) mass is 240 g/mol. The average molecular weight is 240 g/mol. The zero-order chi connectivity index (χ0) is 12.3. The van der Waals surface area contributed by atoms with Crippen molar-refractivity contribution in [2.24, 2.45) is 0 Å². The van der Waals surface area contributed by atoms with E-state index in [-0.39, 0.29) is 0 Å². The first-order valence-electron chi connectivity index (χ1n) is 5.25. The maximum Gasteiger partial charge on any atom is 0.203 e. The molecule has 0 saturated heterocycles. The summed E-state index contributed by atoms with van der Waals surface area (Å²) in [5.74, 6) is 2.20. The average Bonchev–Trinajstić information content (AvgIpc) is 2.25. The fourth-order valence-corrected chi connectivity index (χ4v) is 3.17. The zero-order valence-corrected chi connectivity index (χ0v) is 11.9. The van der Waals surface area contributed by atoms with E-state index in [1.807, 2.05) is 6.07 Å². The Hall–Kier alpha value is -1.16. The quantitative estimate of drug-likeness (QED) is 0.756. The number of hydrogen-bond donors (Lipinski definition) is 0. The zero-order valence-electron chi connectivity index (χ0n) is 10.9. The first-order chi connectivity index (χ1) is 7.45. The molecule has 0 aliphatic carbocycles. The molecule has 1 rings (SSSR count). The summed E-state index contributed by atoms with van der Waals surface area (Å²) < 4.78 is 16.1. The maximum atomic E-state index is 5.47. The standard InChI is InChI=1S/C12H20O3Si/c1-13-9-7-8-10(16(4,5)6)12(15-3)11(9)14-2/h7-8H,1-6H3. The Morgan fingerprint density at radius 3 is 1.75 bits per heavy atom. The van der Waals surface area contributed by atoms with Crippen LogP contribution in [0.15, 0.2) is 12.1 Å². The van der Waals surface area contributed by atoms with Crippen LogP contribution in [0.1, 0.15) is 0 Å². The minimum atomic E-state index is -1.44. The van der Waals surface area contributed by atoms with Crippen LogP contribution in [0.4, 0.5) is 0 Å². The minimum Gasteiger partial charge on any atom is -0.493 e. The lowest BCUT2D eigenvalue weighted by Crippen LogP contribution is -2.38. The summed E-state index contributed by atoms with van der Waals surface area (Å²) >= 11 is 0. The molecule has 0 fully saturated rings. The van der Waals surface area contributed by atoms with E-state index in [0.717, 1.165) is 5.75 Å². The SMILES string of the molecule is COc1ccc([Si](C)(C)C)c(OC)c1OC. The number of ether oxygens (including phenoxy) is 3. The van der Waals surface area contributed by atoms with E-state index in [9.17, 15) is 0 Å². The Bertz CT molecular complexity index is 369. The van der Waals surface area contributed by atoms with E-state index in [0.29, 0.717) is 11.5 Å². The highest BCUT2D eigenvalue weighted by molar-refractivity contribution is 6.89. The molecule has 0 aliphatic heterocycles. The summed E-state index contributed by atoms with van der Waals surface area (Å²) in [6.07, 6.45) is 0. The van der Waals surface area contributed by atoms with Crippen molar-refractivity contribution in [3.63, 3.8) is 0 Å². The first kappa shape index (κ1) is 12.9. The van der Waals surface area contributed by atoms with Gasteiger partial charge in [-0.15, -0.1) is 0 Å². The molecule has 0 N–H and O–H groups in total. The Morgan fingerprint density at radius 1 is 0.812 bits per heavy atom. The summed E-state index contributed by atoms with van der Waals surface area (Å²) in [6, 6.07) is 4.02. The van der Waals surface area contributed by atoms with Crippen molar-refractivity contribution < 1.29 is 14.2 Å². The van der Waals surface area contributed by atoms with Crippen molar-refractivity contribution in [1.82, 2.24) is 0 Å². The van der Waals surface area contributed by atoms with Gasteiger partial charge in [0.25, 0.3) is 0 Å². The van der Waals surface area contributed by atoms with Crippen LogP contribution < -0.4 is 19.4 Å². The lowest BCUT2D eigenvalue weighted by molar-refractivity contribution is 0.326. The normalized spacial score (nSPS) is 11.1. The van der Waals surface area contributed by atoms with Gasteiger partial charge in [-0.25, -0.2) is 0 Å². The van der Waals surface area contributed by atoms with E-state index >= 15 is 0 Å². The van der Waals surface area contributed by atoms with Crippen LogP contribution in [-0.2, 0) is 0 Å². The number of rotatable bonds is 4. The third-order valence-corrected chi connectivity index (χ3v) is 4.52. The van der Waals surface area contributed by atoms with Crippen LogP contribution in [-0.4, -0.2) is 29.4 Å². The molecule has 0 unspecified atom stereocenters. The highest BCUT2D eigenvalue weighted by atomic mass is 28.3. The number of hydrogen-bond acceptors (Lipinski definition) is 3. The van der Waals surface area contributed by atoms with Crippen molar-refractivity contribution in [1.29, 1.82) is 0 Å². The highest BCUT2D eigenvalue weighted by Crippen LogP contribution is 2.36. The third-order valence-electron chi connectivity index (χ3n) is 2.51. The van der Waals surface area contributed by atoms with E-state index < -0.39 is 8.07 Å². The van der Waals surface area contributed by atoms with Gasteiger partial charge >= 0.3 is 0 Å². The van der Waals surface area contributed by atoms with Crippen LogP contribution in [0.25, 0.3) is 0 Å². The molecule has 0 amide bonds. The van der Waals surface area contributed by atoms with Crippen LogP contribution >= 0.6 is 0 Å². The summed E-state index contributed by atoms with van der Waals surface area (Å²) in [5, 5.41) is 1.24. The summed E-state index contributed by atoms with van der Waals surface area (Å²) in [6.45, 7) is 6.82. The predicted octanol–water partition coefficient (Wildman–Crippen LogP) is 2.26. The molecule has 4 heteroatoms. The van der Waals surface area contributed by atoms with Crippen LogP contribution in [0.2, 0.25) is 19.6 Å². The van der Waals surface area contributed by atoms with Gasteiger partial charge in [0.1, 0.15) is 0 Å². The summed E-state index contributed by atoms with van der Waals surface area (Å²) in [7, 11) is 3.49. The molecule has 1 aromatic carbocycles. The van der Waals surface area contributed by atoms with Gasteiger partial charge in [-0.3, -0.25) is 0 Å². The second kappa shape index (κ2) is 4.78. The minimum absolute atomic E-state index is 0.685. The molecule has 1 aromatic rings. The smallest absolute Gasteiger partial charge is 0.203 e. The lowest BCUT2D eigenvalue weighted by Gasteiger charge is -2.22. The van der Waals surface area contributed by atoms with E-state index in [1.165, 1.54) is 5.19 Å². The summed E-state index contributed by atoms with van der Waals surface area (Å²) in [5.41, 5.74) is 0. The van der Waals surface area contributed by atoms with Crippen molar-refractivity contribution >= 4 is 13.3 Å². The van der Waals surface area contributed by atoms with Crippen LogP contribution in [0.5, 0.6) is 17.2 Å². The molecule has 0 aliphatic rings. The van der Waals surface area contributed by atoms with Gasteiger partial charge in [-0.05, 0) is 11.3 Å². The highest BCUT2D eigenvalue weighted by Gasteiger charge is 2.25. The van der Waals surface area contributed by atoms with Crippen molar-refractivity contribution in [3.05, 3.63) is 12.1 Å². The molecule has 0 saturated carbocycles. The fraction of sp³-hybridized carbons (Fsp3) is 0.500. The van der Waals surface area contributed by atoms with Gasteiger partial charge in [-0.1, -0.05) is 25.7 Å². The van der Waals surface area contributed by atoms with E-state index in [4.69, 9.17) is 14.2 Å². The van der Waals surface area contributed by atoms with Gasteiger partial charge in [0.15, 0.2) is 11.5 Å². The first-order valence-corrected chi connectivity index (χ1v) is 8.75. The van der Waals surface area contributed by atoms with Crippen LogP contribution in [0, 0.1) is 0 Å². The Morgan fingerprint density at radius 2 is 1.38 bits per heavy atom. The predicted molar refractivity (Wildman–Crippen MR) is 69.1 cm³/mol. The van der Waals surface area contributed by atoms with Gasteiger partial charge in [-0.2, -0.15) is 0 Å². The second-order valence-electron chi connectivity index (χ2n) is 4.63. The van der Waals surface area contributed by atoms with Crippen molar-refractivity contribution in [2.45, 2.75) is 19.6 Å². The van der Waals surface area contributed by atoms with E-state index in [1.54, 1.807) is 21.3 Å². The van der Waals surface area contributed by atoms with Gasteiger partial charge in [0.2, 0.25) is 5.75 Å². The van der Waals surface area contributed by atoms with Gasteiger partial charge < -0.3 is 14.2 Å². The molecular weight excluding hydrogens is 220 g/mol. The Kier molecular flexibility index (Phi) is 3.86. The van der Waals surface area contributed by atoms with Gasteiger partial charge in [0, 0.05) is 0 Å². The molecule has 0 bridgehead atoms. The number of benzene rings is 1. The molecule has 16 heavy (non-hydrogen) atoms. The molecule has 0 radical (unpaired) electrons. The van der Waals surface area contributed by atoms with Crippen LogP contribution in [0.3, 0.4) is 0 Å². The third kappa shape index (κ3) is 2.32. The Balaban J connectivity index is 3.43. The summed E-state index contributed by atoms with van der Waals surface area (Å²) in [4.78, 5) is 0. The molecule has 0 atom stereocenters. The van der Waals surface area contributed by atoms with E-state index in [2.05, 4.69) is 25.7 Å². The molecule has 0 spiro atoms. The lowest BCUT2D eigenvalue weighted by atomic mass is 10.3. The van der Waals surface area contributed by atoms with Crippen molar-refractivity contribution in [2.75, 3.05) is 21.3 Å². The number of methoxy groups -OCH3 is 3. The second-order valence-corrected chi connectivity index (χ2v) is 9.67. The molecule has 0 heterocycles. The topological polar surface area (TPSA) is 27.7 Å². The van der Waals surface area contributed by atoms with Crippen molar-refractivity contribution in [3.8, 4) is 17.2 Å². The molecule has 90 valence electrons. The molecule has 0 aromatic heterocycles. The Labute approximate surface area is 98.3 Å². The molecule has 3 nitrogen and oxygen atoms in total. The largest absolute Gasteiger partial charge is 0.493 e. The maximum absolute atomic E-state index is 5.47.